The highest BCUT2D eigenvalue weighted by molar-refractivity contribution is 7.99. The largest absolute Gasteiger partial charge is 0.491 e. The van der Waals surface area contributed by atoms with Crippen molar-refractivity contribution >= 4 is 23.5 Å². The predicted molar refractivity (Wildman–Crippen MR) is 99.7 cm³/mol. The highest BCUT2D eigenvalue weighted by Crippen LogP contribution is 2.18. The van der Waals surface area contributed by atoms with Gasteiger partial charge in [-0.3, -0.25) is 5.10 Å². The third-order valence-corrected chi connectivity index (χ3v) is 4.72. The van der Waals surface area contributed by atoms with Gasteiger partial charge in [-0.15, -0.1) is 0 Å². The minimum absolute atomic E-state index is 0.183. The summed E-state index contributed by atoms with van der Waals surface area (Å²) in [7, 11) is 0. The second kappa shape index (κ2) is 10.0. The van der Waals surface area contributed by atoms with Crippen molar-refractivity contribution in [2.45, 2.75) is 30.5 Å². The lowest BCUT2D eigenvalue weighted by Crippen LogP contribution is -2.30. The van der Waals surface area contributed by atoms with E-state index in [4.69, 9.17) is 9.47 Å². The number of carbonyl (C=O) groups excluding carboxylic acids is 1. The number of amides is 2. The zero-order valence-corrected chi connectivity index (χ0v) is 15.3. The molecule has 0 unspecified atom stereocenters. The fourth-order valence-electron chi connectivity index (χ4n) is 2.51. The fraction of sp³-hybridized carbons (Fsp3) is 0.471. The number of carbonyl (C=O) groups is 1. The minimum atomic E-state index is -0.243. The van der Waals surface area contributed by atoms with Gasteiger partial charge in [0.15, 0.2) is 5.16 Å². The van der Waals surface area contributed by atoms with Crippen LogP contribution in [-0.2, 0) is 4.74 Å². The SMILES string of the molecule is O=C(NCCSc1ncn[nH]1)Nc1ccc(OC[C@H]2CCCCO2)cc1. The number of anilines is 1. The van der Waals surface area contributed by atoms with Gasteiger partial charge in [-0.25, -0.2) is 9.78 Å². The topological polar surface area (TPSA) is 101 Å². The van der Waals surface area contributed by atoms with E-state index < -0.39 is 0 Å². The van der Waals surface area contributed by atoms with Crippen molar-refractivity contribution in [3.05, 3.63) is 30.6 Å². The van der Waals surface area contributed by atoms with Crippen molar-refractivity contribution < 1.29 is 14.3 Å². The van der Waals surface area contributed by atoms with Gasteiger partial charge in [0.1, 0.15) is 18.7 Å². The second-order valence-corrected chi connectivity index (χ2v) is 6.93. The van der Waals surface area contributed by atoms with Gasteiger partial charge >= 0.3 is 6.03 Å². The Bertz CT molecular complexity index is 660. The third kappa shape index (κ3) is 6.23. The number of H-pyrrole nitrogens is 1. The van der Waals surface area contributed by atoms with Crippen molar-refractivity contribution in [1.82, 2.24) is 20.5 Å². The Morgan fingerprint density at radius 3 is 2.96 bits per heavy atom. The van der Waals surface area contributed by atoms with Gasteiger partial charge in [0, 0.05) is 24.6 Å². The Morgan fingerprint density at radius 2 is 2.23 bits per heavy atom. The van der Waals surface area contributed by atoms with E-state index in [1.807, 2.05) is 24.3 Å². The molecule has 1 aromatic carbocycles. The van der Waals surface area contributed by atoms with Crippen molar-refractivity contribution in [2.75, 3.05) is 30.8 Å². The standard InChI is InChI=1S/C17H23N5O3S/c23-16(18-8-10-26-17-19-12-20-22-17)21-13-4-6-14(7-5-13)25-11-15-3-1-2-9-24-15/h4-7,12,15H,1-3,8-11H2,(H2,18,21,23)(H,19,20,22)/t15-/m1/s1. The van der Waals surface area contributed by atoms with Crippen molar-refractivity contribution in [1.29, 1.82) is 0 Å². The summed E-state index contributed by atoms with van der Waals surface area (Å²) in [5.74, 6) is 1.48. The van der Waals surface area contributed by atoms with Crippen LogP contribution in [0.25, 0.3) is 0 Å². The fourth-order valence-corrected chi connectivity index (χ4v) is 3.15. The Morgan fingerprint density at radius 1 is 1.35 bits per heavy atom. The molecule has 140 valence electrons. The number of hydrogen-bond donors (Lipinski definition) is 3. The molecule has 1 aliphatic rings. The molecular formula is C17H23N5O3S. The van der Waals surface area contributed by atoms with Crippen LogP contribution in [0.3, 0.4) is 0 Å². The highest BCUT2D eigenvalue weighted by Gasteiger charge is 2.14. The van der Waals surface area contributed by atoms with Crippen LogP contribution in [0.2, 0.25) is 0 Å². The van der Waals surface area contributed by atoms with Crippen LogP contribution in [0.1, 0.15) is 19.3 Å². The van der Waals surface area contributed by atoms with Gasteiger partial charge in [-0.2, -0.15) is 5.10 Å². The monoisotopic (exact) mass is 377 g/mol. The van der Waals surface area contributed by atoms with E-state index in [-0.39, 0.29) is 12.1 Å². The van der Waals surface area contributed by atoms with E-state index in [9.17, 15) is 4.79 Å². The third-order valence-electron chi connectivity index (χ3n) is 3.84. The molecule has 0 saturated carbocycles. The molecule has 3 N–H and O–H groups in total. The first-order valence-electron chi connectivity index (χ1n) is 8.67. The molecule has 2 amide bonds. The van der Waals surface area contributed by atoms with Crippen molar-refractivity contribution in [2.24, 2.45) is 0 Å². The Kier molecular flexibility index (Phi) is 7.15. The van der Waals surface area contributed by atoms with Crippen LogP contribution in [-0.4, -0.2) is 52.8 Å². The van der Waals surface area contributed by atoms with Gasteiger partial charge in [0.05, 0.1) is 6.10 Å². The van der Waals surface area contributed by atoms with E-state index in [2.05, 4.69) is 25.8 Å². The molecule has 2 aromatic rings. The van der Waals surface area contributed by atoms with Crippen LogP contribution in [0.15, 0.2) is 35.7 Å². The number of nitrogens with zero attached hydrogens (tertiary/aromatic N) is 2. The molecule has 0 spiro atoms. The molecular weight excluding hydrogens is 354 g/mol. The summed E-state index contributed by atoms with van der Waals surface area (Å²) in [6, 6.07) is 7.09. The molecule has 1 aromatic heterocycles. The lowest BCUT2D eigenvalue weighted by atomic mass is 10.1. The molecule has 2 heterocycles. The molecule has 9 heteroatoms. The highest BCUT2D eigenvalue weighted by atomic mass is 32.2. The maximum Gasteiger partial charge on any atom is 0.319 e. The average Bonchev–Trinajstić information content (AvgIpc) is 3.19. The zero-order valence-electron chi connectivity index (χ0n) is 14.4. The van der Waals surface area contributed by atoms with Gasteiger partial charge in [0.25, 0.3) is 0 Å². The van der Waals surface area contributed by atoms with E-state index in [1.54, 1.807) is 0 Å². The molecule has 3 rings (SSSR count). The molecule has 0 bridgehead atoms. The van der Waals surface area contributed by atoms with Crippen LogP contribution in [0, 0.1) is 0 Å². The zero-order chi connectivity index (χ0) is 18.0. The molecule has 0 aliphatic carbocycles. The summed E-state index contributed by atoms with van der Waals surface area (Å²) in [6.45, 7) is 1.92. The number of aromatic amines is 1. The molecule has 8 nitrogen and oxygen atoms in total. The first-order chi connectivity index (χ1) is 12.8. The summed E-state index contributed by atoms with van der Waals surface area (Å²) in [6.07, 6.45) is 5.02. The lowest BCUT2D eigenvalue weighted by Gasteiger charge is -2.22. The first-order valence-corrected chi connectivity index (χ1v) is 9.65. The summed E-state index contributed by atoms with van der Waals surface area (Å²) in [5, 5.41) is 12.8. The van der Waals surface area contributed by atoms with E-state index in [1.165, 1.54) is 24.5 Å². The number of nitrogens with one attached hydrogen (secondary N) is 3. The number of benzene rings is 1. The van der Waals surface area contributed by atoms with Crippen LogP contribution in [0.5, 0.6) is 5.75 Å². The number of aromatic nitrogens is 3. The summed E-state index contributed by atoms with van der Waals surface area (Å²) in [5.41, 5.74) is 0.714. The Balaban J connectivity index is 1.33. The molecule has 1 fully saturated rings. The van der Waals surface area contributed by atoms with Crippen LogP contribution in [0.4, 0.5) is 10.5 Å². The van der Waals surface area contributed by atoms with Crippen molar-refractivity contribution in [3.63, 3.8) is 0 Å². The summed E-state index contributed by atoms with van der Waals surface area (Å²) >= 11 is 1.50. The number of urea groups is 1. The first kappa shape index (κ1) is 18.5. The number of ether oxygens (including phenoxy) is 2. The average molecular weight is 377 g/mol. The minimum Gasteiger partial charge on any atom is -0.491 e. The smallest absolute Gasteiger partial charge is 0.319 e. The lowest BCUT2D eigenvalue weighted by molar-refractivity contribution is -0.0110. The second-order valence-electron chi connectivity index (χ2n) is 5.84. The Hall–Kier alpha value is -2.26. The normalized spacial score (nSPS) is 16.8. The molecule has 0 radical (unpaired) electrons. The van der Waals surface area contributed by atoms with E-state index in [0.717, 1.165) is 30.4 Å². The predicted octanol–water partition coefficient (Wildman–Crippen LogP) is 2.67. The van der Waals surface area contributed by atoms with E-state index >= 15 is 0 Å². The quantitative estimate of drug-likeness (QED) is 0.483. The maximum atomic E-state index is 11.9. The van der Waals surface area contributed by atoms with Crippen molar-refractivity contribution in [3.8, 4) is 5.75 Å². The maximum absolute atomic E-state index is 11.9. The molecule has 1 saturated heterocycles. The van der Waals surface area contributed by atoms with Crippen LogP contribution >= 0.6 is 11.8 Å². The van der Waals surface area contributed by atoms with Gasteiger partial charge in [0.2, 0.25) is 0 Å². The van der Waals surface area contributed by atoms with Crippen LogP contribution < -0.4 is 15.4 Å². The Labute approximate surface area is 156 Å². The summed E-state index contributed by atoms with van der Waals surface area (Å²) in [4.78, 5) is 15.9. The molecule has 1 atom stereocenters. The number of rotatable bonds is 8. The molecule has 26 heavy (non-hydrogen) atoms. The van der Waals surface area contributed by atoms with Gasteiger partial charge < -0.3 is 20.1 Å². The van der Waals surface area contributed by atoms with Gasteiger partial charge in [-0.1, -0.05) is 11.8 Å². The van der Waals surface area contributed by atoms with Gasteiger partial charge in [-0.05, 0) is 43.5 Å². The summed E-state index contributed by atoms with van der Waals surface area (Å²) < 4.78 is 11.4. The van der Waals surface area contributed by atoms with E-state index in [0.29, 0.717) is 24.6 Å². The molecule has 1 aliphatic heterocycles. The number of hydrogen-bond acceptors (Lipinski definition) is 6. The number of thioether (sulfide) groups is 1.